The SMILES string of the molecule is CC(=O)c1ccc(Cc2ccc(C=CC(O)c3nn[nH]n3)o2)cc1. The summed E-state index contributed by atoms with van der Waals surface area (Å²) < 4.78 is 5.70. The predicted octanol–water partition coefficient (Wildman–Crippen LogP) is 2.33. The number of Topliss-reactive ketones (excluding diaryl/α,β-unsaturated/α-hetero) is 1. The summed E-state index contributed by atoms with van der Waals surface area (Å²) in [6, 6.07) is 11.1. The molecule has 0 bridgehead atoms. The van der Waals surface area contributed by atoms with Crippen molar-refractivity contribution in [2.45, 2.75) is 19.4 Å². The molecule has 0 saturated heterocycles. The van der Waals surface area contributed by atoms with Crippen molar-refractivity contribution in [2.75, 3.05) is 0 Å². The van der Waals surface area contributed by atoms with Gasteiger partial charge in [0.25, 0.3) is 0 Å². The van der Waals surface area contributed by atoms with Gasteiger partial charge in [-0.15, -0.1) is 10.2 Å². The third-order valence-corrected chi connectivity index (χ3v) is 3.49. The fraction of sp³-hybridized carbons (Fsp3) is 0.176. The van der Waals surface area contributed by atoms with Crippen LogP contribution in [0.5, 0.6) is 0 Å². The van der Waals surface area contributed by atoms with E-state index in [0.29, 0.717) is 17.7 Å². The average molecular weight is 324 g/mol. The van der Waals surface area contributed by atoms with E-state index in [1.54, 1.807) is 13.0 Å². The van der Waals surface area contributed by atoms with E-state index in [4.69, 9.17) is 4.42 Å². The monoisotopic (exact) mass is 324 g/mol. The van der Waals surface area contributed by atoms with Gasteiger partial charge in [-0.25, -0.2) is 0 Å². The van der Waals surface area contributed by atoms with Gasteiger partial charge in [0.1, 0.15) is 17.6 Å². The zero-order chi connectivity index (χ0) is 16.9. The topological polar surface area (TPSA) is 105 Å². The minimum atomic E-state index is -0.948. The van der Waals surface area contributed by atoms with Gasteiger partial charge in [0.15, 0.2) is 5.78 Å². The molecule has 1 unspecified atom stereocenters. The third-order valence-electron chi connectivity index (χ3n) is 3.49. The molecule has 0 fully saturated rings. The summed E-state index contributed by atoms with van der Waals surface area (Å²) in [5.74, 6) is 1.66. The van der Waals surface area contributed by atoms with Crippen molar-refractivity contribution in [3.8, 4) is 0 Å². The number of hydrogen-bond acceptors (Lipinski definition) is 6. The molecule has 7 heteroatoms. The minimum Gasteiger partial charge on any atom is -0.461 e. The van der Waals surface area contributed by atoms with Gasteiger partial charge in [-0.2, -0.15) is 5.21 Å². The van der Waals surface area contributed by atoms with Crippen molar-refractivity contribution >= 4 is 11.9 Å². The summed E-state index contributed by atoms with van der Waals surface area (Å²) >= 11 is 0. The molecule has 1 atom stereocenters. The fourth-order valence-corrected chi connectivity index (χ4v) is 2.20. The van der Waals surface area contributed by atoms with Gasteiger partial charge in [-0.3, -0.25) is 4.79 Å². The second-order valence-electron chi connectivity index (χ2n) is 5.31. The van der Waals surface area contributed by atoms with Crippen LogP contribution in [-0.2, 0) is 6.42 Å². The van der Waals surface area contributed by atoms with Gasteiger partial charge in [0, 0.05) is 12.0 Å². The molecule has 0 spiro atoms. The van der Waals surface area contributed by atoms with Crippen LogP contribution >= 0.6 is 0 Å². The molecule has 0 aliphatic carbocycles. The van der Waals surface area contributed by atoms with Crippen molar-refractivity contribution in [3.05, 3.63) is 70.9 Å². The van der Waals surface area contributed by atoms with E-state index in [0.717, 1.165) is 11.3 Å². The van der Waals surface area contributed by atoms with Crippen molar-refractivity contribution < 1.29 is 14.3 Å². The van der Waals surface area contributed by atoms with E-state index in [-0.39, 0.29) is 11.6 Å². The van der Waals surface area contributed by atoms with Gasteiger partial charge in [0.05, 0.1) is 0 Å². The minimum absolute atomic E-state index is 0.0483. The molecule has 0 aliphatic rings. The van der Waals surface area contributed by atoms with Crippen molar-refractivity contribution in [3.63, 3.8) is 0 Å². The molecule has 7 nitrogen and oxygen atoms in total. The first-order valence-corrected chi connectivity index (χ1v) is 7.40. The zero-order valence-corrected chi connectivity index (χ0v) is 13.0. The number of benzene rings is 1. The van der Waals surface area contributed by atoms with Crippen LogP contribution in [0.15, 0.2) is 46.9 Å². The predicted molar refractivity (Wildman–Crippen MR) is 86.1 cm³/mol. The van der Waals surface area contributed by atoms with E-state index in [9.17, 15) is 9.90 Å². The number of furan rings is 1. The summed E-state index contributed by atoms with van der Waals surface area (Å²) in [4.78, 5) is 11.3. The van der Waals surface area contributed by atoms with E-state index in [1.807, 2.05) is 36.4 Å². The maximum Gasteiger partial charge on any atom is 0.206 e. The van der Waals surface area contributed by atoms with E-state index in [1.165, 1.54) is 6.08 Å². The van der Waals surface area contributed by atoms with Gasteiger partial charge in [-0.05, 0) is 36.8 Å². The van der Waals surface area contributed by atoms with E-state index in [2.05, 4.69) is 20.6 Å². The highest BCUT2D eigenvalue weighted by Crippen LogP contribution is 2.17. The number of rotatable bonds is 6. The lowest BCUT2D eigenvalue weighted by molar-refractivity contribution is 0.101. The molecular formula is C17H16N4O3. The van der Waals surface area contributed by atoms with Crippen LogP contribution in [0, 0.1) is 0 Å². The molecule has 122 valence electrons. The van der Waals surface area contributed by atoms with Gasteiger partial charge in [0.2, 0.25) is 5.82 Å². The van der Waals surface area contributed by atoms with Crippen LogP contribution in [0.1, 0.15) is 46.3 Å². The molecule has 3 aromatic rings. The maximum atomic E-state index is 11.3. The Morgan fingerprint density at radius 3 is 2.75 bits per heavy atom. The number of aliphatic hydroxyl groups is 1. The molecule has 0 aliphatic heterocycles. The summed E-state index contributed by atoms with van der Waals surface area (Å²) in [7, 11) is 0. The van der Waals surface area contributed by atoms with Crippen LogP contribution in [0.25, 0.3) is 6.08 Å². The van der Waals surface area contributed by atoms with Crippen LogP contribution in [0.3, 0.4) is 0 Å². The van der Waals surface area contributed by atoms with Crippen LogP contribution in [0.2, 0.25) is 0 Å². The maximum absolute atomic E-state index is 11.3. The smallest absolute Gasteiger partial charge is 0.206 e. The normalized spacial score (nSPS) is 12.6. The highest BCUT2D eigenvalue weighted by Gasteiger charge is 2.09. The van der Waals surface area contributed by atoms with Crippen LogP contribution < -0.4 is 0 Å². The molecule has 0 amide bonds. The van der Waals surface area contributed by atoms with Crippen LogP contribution in [-0.4, -0.2) is 31.5 Å². The second-order valence-corrected chi connectivity index (χ2v) is 5.31. The van der Waals surface area contributed by atoms with Crippen LogP contribution in [0.4, 0.5) is 0 Å². The Kier molecular flexibility index (Phi) is 4.62. The molecule has 1 aromatic carbocycles. The number of nitrogens with one attached hydrogen (secondary N) is 1. The number of tetrazole rings is 1. The van der Waals surface area contributed by atoms with Gasteiger partial charge < -0.3 is 9.52 Å². The number of carbonyl (C=O) groups is 1. The Labute approximate surface area is 138 Å². The largest absolute Gasteiger partial charge is 0.461 e. The molecule has 2 N–H and O–H groups in total. The third kappa shape index (κ3) is 3.82. The number of nitrogens with zero attached hydrogens (tertiary/aromatic N) is 3. The first-order valence-electron chi connectivity index (χ1n) is 7.40. The number of ketones is 1. The molecular weight excluding hydrogens is 308 g/mol. The van der Waals surface area contributed by atoms with E-state index >= 15 is 0 Å². The van der Waals surface area contributed by atoms with Crippen molar-refractivity contribution in [2.24, 2.45) is 0 Å². The van der Waals surface area contributed by atoms with Crippen molar-refractivity contribution in [1.29, 1.82) is 0 Å². The van der Waals surface area contributed by atoms with Crippen molar-refractivity contribution in [1.82, 2.24) is 20.6 Å². The highest BCUT2D eigenvalue weighted by atomic mass is 16.3. The summed E-state index contributed by atoms with van der Waals surface area (Å²) in [6.07, 6.45) is 2.86. The highest BCUT2D eigenvalue weighted by molar-refractivity contribution is 5.94. The number of aromatic amines is 1. The lowest BCUT2D eigenvalue weighted by Gasteiger charge is -2.00. The fourth-order valence-electron chi connectivity index (χ4n) is 2.20. The first-order chi connectivity index (χ1) is 11.6. The lowest BCUT2D eigenvalue weighted by atomic mass is 10.1. The summed E-state index contributed by atoms with van der Waals surface area (Å²) in [6.45, 7) is 1.54. The molecule has 0 saturated carbocycles. The number of aliphatic hydroxyl groups excluding tert-OH is 1. The Balaban J connectivity index is 1.64. The Morgan fingerprint density at radius 2 is 2.08 bits per heavy atom. The lowest BCUT2D eigenvalue weighted by Crippen LogP contribution is -1.95. The van der Waals surface area contributed by atoms with Gasteiger partial charge >= 0.3 is 0 Å². The van der Waals surface area contributed by atoms with E-state index < -0.39 is 6.10 Å². The Morgan fingerprint density at radius 1 is 1.29 bits per heavy atom. The molecule has 2 aromatic heterocycles. The Hall–Kier alpha value is -3.06. The standard InChI is InChI=1S/C17H16N4O3/c1-11(22)13-4-2-12(3-5-13)10-15-7-6-14(24-15)8-9-16(23)17-18-20-21-19-17/h2-9,16,23H,10H2,1H3,(H,18,19,20,21). The molecule has 3 rings (SSSR count). The summed E-state index contributed by atoms with van der Waals surface area (Å²) in [5, 5.41) is 22.9. The molecule has 24 heavy (non-hydrogen) atoms. The average Bonchev–Trinajstić information content (AvgIpc) is 3.25. The summed E-state index contributed by atoms with van der Waals surface area (Å²) in [5.41, 5.74) is 1.74. The molecule has 0 radical (unpaired) electrons. The van der Waals surface area contributed by atoms with Gasteiger partial charge in [-0.1, -0.05) is 29.5 Å². The second kappa shape index (κ2) is 7.01. The quantitative estimate of drug-likeness (QED) is 0.674. The number of H-pyrrole nitrogens is 1. The number of carbonyl (C=O) groups excluding carboxylic acids is 1. The zero-order valence-electron chi connectivity index (χ0n) is 13.0. The molecule has 2 heterocycles. The number of hydrogen-bond donors (Lipinski definition) is 2. The first kappa shape index (κ1) is 15.8. The Bertz CT molecular complexity index is 835. The number of aromatic nitrogens is 4.